The van der Waals surface area contributed by atoms with Crippen LogP contribution in [0.15, 0.2) is 48.5 Å². The van der Waals surface area contributed by atoms with E-state index in [1.165, 1.54) is 12.7 Å². The largest absolute Gasteiger partial charge is 0.465 e. The Labute approximate surface area is 129 Å². The van der Waals surface area contributed by atoms with E-state index in [-0.39, 0.29) is 12.6 Å². The molecule has 0 heterocycles. The van der Waals surface area contributed by atoms with Crippen LogP contribution in [0.4, 0.5) is 0 Å². The molecule has 3 rings (SSSR count). The van der Waals surface area contributed by atoms with Gasteiger partial charge >= 0.3 is 5.97 Å². The minimum Gasteiger partial charge on any atom is -0.465 e. The van der Waals surface area contributed by atoms with Gasteiger partial charge in [0.25, 0.3) is 0 Å². The van der Waals surface area contributed by atoms with Gasteiger partial charge < -0.3 is 9.84 Å². The number of carbonyl (C=O) groups excluding carboxylic acids is 1. The fraction of sp³-hybridized carbons (Fsp3) is 0.211. The zero-order valence-corrected chi connectivity index (χ0v) is 12.5. The summed E-state index contributed by atoms with van der Waals surface area (Å²) in [7, 11) is 1.39. The minimum absolute atomic E-state index is 0.000457. The van der Waals surface area contributed by atoms with Crippen molar-refractivity contribution in [2.24, 2.45) is 0 Å². The number of carbonyl (C=O) groups is 1. The number of hydrogen-bond donors (Lipinski definition) is 1. The van der Waals surface area contributed by atoms with Gasteiger partial charge in [0, 0.05) is 0 Å². The maximum absolute atomic E-state index is 11.8. The zero-order chi connectivity index (χ0) is 15.5. The lowest BCUT2D eigenvalue weighted by Crippen LogP contribution is -2.07. The first kappa shape index (κ1) is 14.5. The number of hydrogen-bond acceptors (Lipinski definition) is 3. The summed E-state index contributed by atoms with van der Waals surface area (Å²) in [6.07, 6.45) is 4.10. The number of fused-ring (bicyclic) bond motifs is 1. The first-order valence-corrected chi connectivity index (χ1v) is 7.35. The molecule has 0 radical (unpaired) electrons. The Balaban J connectivity index is 2.13. The molecule has 112 valence electrons. The van der Waals surface area contributed by atoms with Gasteiger partial charge in [-0.1, -0.05) is 36.4 Å². The predicted octanol–water partition coefficient (Wildman–Crippen LogP) is 3.34. The average molecular weight is 294 g/mol. The van der Waals surface area contributed by atoms with Crippen molar-refractivity contribution in [2.45, 2.75) is 19.4 Å². The van der Waals surface area contributed by atoms with Crippen molar-refractivity contribution in [1.29, 1.82) is 0 Å². The lowest BCUT2D eigenvalue weighted by molar-refractivity contribution is 0.0600. The van der Waals surface area contributed by atoms with Crippen LogP contribution in [0.2, 0.25) is 0 Å². The predicted molar refractivity (Wildman–Crippen MR) is 85.5 cm³/mol. The Morgan fingerprint density at radius 2 is 2.00 bits per heavy atom. The van der Waals surface area contributed by atoms with Crippen molar-refractivity contribution in [3.05, 3.63) is 76.4 Å². The molecule has 0 saturated carbocycles. The quantitative estimate of drug-likeness (QED) is 0.883. The number of benzene rings is 2. The third kappa shape index (κ3) is 2.55. The van der Waals surface area contributed by atoms with E-state index in [2.05, 4.69) is 6.08 Å². The van der Waals surface area contributed by atoms with Crippen LogP contribution in [0, 0.1) is 0 Å². The van der Waals surface area contributed by atoms with Gasteiger partial charge in [-0.3, -0.25) is 0 Å². The fourth-order valence-electron chi connectivity index (χ4n) is 2.95. The Bertz CT molecular complexity index is 744. The molecule has 1 N–H and O–H groups in total. The molecule has 3 heteroatoms. The first-order valence-electron chi connectivity index (χ1n) is 7.35. The number of methoxy groups -OCH3 is 1. The van der Waals surface area contributed by atoms with E-state index in [1.807, 2.05) is 42.5 Å². The van der Waals surface area contributed by atoms with E-state index in [0.29, 0.717) is 5.56 Å². The molecule has 1 aliphatic carbocycles. The van der Waals surface area contributed by atoms with Crippen molar-refractivity contribution < 1.29 is 14.6 Å². The summed E-state index contributed by atoms with van der Waals surface area (Å²) < 4.78 is 4.81. The second-order valence-corrected chi connectivity index (χ2v) is 5.34. The third-order valence-corrected chi connectivity index (χ3v) is 4.06. The highest BCUT2D eigenvalue weighted by atomic mass is 16.5. The van der Waals surface area contributed by atoms with Crippen molar-refractivity contribution in [3.8, 4) is 0 Å². The maximum atomic E-state index is 11.8. The van der Waals surface area contributed by atoms with Crippen LogP contribution in [0.1, 0.15) is 39.0 Å². The Morgan fingerprint density at radius 1 is 1.18 bits per heavy atom. The van der Waals surface area contributed by atoms with E-state index >= 15 is 0 Å². The van der Waals surface area contributed by atoms with E-state index in [9.17, 15) is 9.90 Å². The number of esters is 1. The summed E-state index contributed by atoms with van der Waals surface area (Å²) in [5, 5.41) is 9.58. The maximum Gasteiger partial charge on any atom is 0.337 e. The zero-order valence-electron chi connectivity index (χ0n) is 12.5. The smallest absolute Gasteiger partial charge is 0.337 e. The van der Waals surface area contributed by atoms with Crippen LogP contribution in [0.5, 0.6) is 0 Å². The summed E-state index contributed by atoms with van der Waals surface area (Å²) in [6.45, 7) is -0.000457. The molecule has 0 aliphatic heterocycles. The van der Waals surface area contributed by atoms with E-state index in [1.54, 1.807) is 0 Å². The Morgan fingerprint density at radius 3 is 2.77 bits per heavy atom. The fourth-order valence-corrected chi connectivity index (χ4v) is 2.95. The summed E-state index contributed by atoms with van der Waals surface area (Å²) in [4.78, 5) is 11.8. The highest BCUT2D eigenvalue weighted by molar-refractivity contribution is 5.92. The molecule has 0 unspecified atom stereocenters. The normalized spacial score (nSPS) is 13.3. The molecule has 0 aromatic heterocycles. The Hall–Kier alpha value is -2.39. The standard InChI is InChI=1S/C19H18O3/c1-22-19(21)14-10-9-13-6-4-8-17(18(13)11-14)16-7-3-2-5-15(16)12-20/h2-3,5,7-11,20H,4,6,12H2,1H3. The van der Waals surface area contributed by atoms with Crippen LogP contribution in [0.25, 0.3) is 5.57 Å². The molecule has 0 saturated heterocycles. The Kier molecular flexibility index (Phi) is 4.07. The second kappa shape index (κ2) is 6.16. The monoisotopic (exact) mass is 294 g/mol. The average Bonchev–Trinajstić information content (AvgIpc) is 2.60. The summed E-state index contributed by atoms with van der Waals surface area (Å²) in [6, 6.07) is 13.5. The van der Waals surface area contributed by atoms with Crippen LogP contribution in [-0.2, 0) is 17.8 Å². The minimum atomic E-state index is -0.330. The summed E-state index contributed by atoms with van der Waals surface area (Å²) in [5.41, 5.74) is 5.82. The van der Waals surface area contributed by atoms with Gasteiger partial charge in [-0.15, -0.1) is 0 Å². The van der Waals surface area contributed by atoms with Gasteiger partial charge in [0.15, 0.2) is 0 Å². The van der Waals surface area contributed by atoms with Crippen LogP contribution in [-0.4, -0.2) is 18.2 Å². The van der Waals surface area contributed by atoms with Gasteiger partial charge in [0.1, 0.15) is 0 Å². The topological polar surface area (TPSA) is 46.5 Å². The molecule has 0 atom stereocenters. The summed E-state index contributed by atoms with van der Waals surface area (Å²) >= 11 is 0. The van der Waals surface area contributed by atoms with Crippen LogP contribution >= 0.6 is 0 Å². The molecule has 2 aromatic carbocycles. The van der Waals surface area contributed by atoms with Crippen molar-refractivity contribution in [3.63, 3.8) is 0 Å². The number of ether oxygens (including phenoxy) is 1. The highest BCUT2D eigenvalue weighted by Crippen LogP contribution is 2.34. The van der Waals surface area contributed by atoms with Crippen molar-refractivity contribution in [1.82, 2.24) is 0 Å². The van der Waals surface area contributed by atoms with E-state index in [4.69, 9.17) is 4.74 Å². The number of aryl methyl sites for hydroxylation is 1. The lowest BCUT2D eigenvalue weighted by Gasteiger charge is -2.20. The molecule has 0 fully saturated rings. The van der Waals surface area contributed by atoms with Crippen molar-refractivity contribution >= 4 is 11.5 Å². The van der Waals surface area contributed by atoms with Crippen LogP contribution in [0.3, 0.4) is 0 Å². The molecular formula is C19H18O3. The molecule has 1 aliphatic rings. The number of aliphatic hydroxyl groups is 1. The van der Waals surface area contributed by atoms with Crippen molar-refractivity contribution in [2.75, 3.05) is 7.11 Å². The lowest BCUT2D eigenvalue weighted by atomic mass is 9.84. The van der Waals surface area contributed by atoms with Gasteiger partial charge in [-0.05, 0) is 52.8 Å². The van der Waals surface area contributed by atoms with Gasteiger partial charge in [0.2, 0.25) is 0 Å². The highest BCUT2D eigenvalue weighted by Gasteiger charge is 2.18. The van der Waals surface area contributed by atoms with Gasteiger partial charge in [0.05, 0.1) is 19.3 Å². The van der Waals surface area contributed by atoms with E-state index in [0.717, 1.165) is 35.1 Å². The molecule has 0 bridgehead atoms. The molecule has 2 aromatic rings. The molecule has 3 nitrogen and oxygen atoms in total. The molecule has 22 heavy (non-hydrogen) atoms. The van der Waals surface area contributed by atoms with Gasteiger partial charge in [-0.2, -0.15) is 0 Å². The van der Waals surface area contributed by atoms with Crippen LogP contribution < -0.4 is 0 Å². The molecule has 0 spiro atoms. The number of aliphatic hydroxyl groups excluding tert-OH is 1. The number of allylic oxidation sites excluding steroid dienone is 1. The van der Waals surface area contributed by atoms with E-state index < -0.39 is 0 Å². The summed E-state index contributed by atoms with van der Waals surface area (Å²) in [5.74, 6) is -0.330. The molecular weight excluding hydrogens is 276 g/mol. The van der Waals surface area contributed by atoms with Gasteiger partial charge in [-0.25, -0.2) is 4.79 Å². The number of rotatable bonds is 3. The first-order chi connectivity index (χ1) is 10.7. The second-order valence-electron chi connectivity index (χ2n) is 5.34. The SMILES string of the molecule is COC(=O)c1ccc2c(c1)C(c1ccccc1CO)=CCC2. The molecule has 0 amide bonds. The third-order valence-electron chi connectivity index (χ3n) is 4.06.